The highest BCUT2D eigenvalue weighted by Crippen LogP contribution is 2.05. The number of aryl methyl sites for hydroxylation is 1. The fourth-order valence-electron chi connectivity index (χ4n) is 1.52. The second-order valence-corrected chi connectivity index (χ2v) is 3.98. The minimum atomic E-state index is 0.508. The lowest BCUT2D eigenvalue weighted by Gasteiger charge is -2.11. The number of hydrogen-bond acceptors (Lipinski definition) is 1. The van der Waals surface area contributed by atoms with Gasteiger partial charge in [-0.25, -0.2) is 0 Å². The van der Waals surface area contributed by atoms with Crippen LogP contribution in [-0.4, -0.2) is 6.04 Å². The highest BCUT2D eigenvalue weighted by molar-refractivity contribution is 5.22. The average molecular weight is 203 g/mol. The number of rotatable bonds is 6. The predicted molar refractivity (Wildman–Crippen MR) is 66.9 cm³/mol. The van der Waals surface area contributed by atoms with Crippen LogP contribution in [0.5, 0.6) is 0 Å². The summed E-state index contributed by atoms with van der Waals surface area (Å²) in [5, 5.41) is 3.47. The van der Waals surface area contributed by atoms with Crippen LogP contribution >= 0.6 is 0 Å². The van der Waals surface area contributed by atoms with Crippen LogP contribution < -0.4 is 5.32 Å². The molecule has 0 aromatic heterocycles. The Morgan fingerprint density at radius 1 is 1.27 bits per heavy atom. The van der Waals surface area contributed by atoms with Crippen molar-refractivity contribution in [1.82, 2.24) is 5.32 Å². The van der Waals surface area contributed by atoms with Crippen molar-refractivity contribution in [2.45, 2.75) is 39.3 Å². The number of benzene rings is 1. The molecule has 15 heavy (non-hydrogen) atoms. The van der Waals surface area contributed by atoms with Crippen LogP contribution in [0.3, 0.4) is 0 Å². The molecule has 0 aliphatic carbocycles. The van der Waals surface area contributed by atoms with Crippen molar-refractivity contribution >= 4 is 0 Å². The first-order valence-electron chi connectivity index (χ1n) is 5.68. The van der Waals surface area contributed by atoms with Crippen LogP contribution in [0, 0.1) is 0 Å². The van der Waals surface area contributed by atoms with E-state index in [-0.39, 0.29) is 0 Å². The highest BCUT2D eigenvalue weighted by atomic mass is 14.9. The Hall–Kier alpha value is -1.08. The van der Waals surface area contributed by atoms with E-state index in [1.54, 1.807) is 0 Å². The Balaban J connectivity index is 2.40. The lowest BCUT2D eigenvalue weighted by Crippen LogP contribution is -2.24. The summed E-state index contributed by atoms with van der Waals surface area (Å²) in [7, 11) is 0. The number of hydrogen-bond donors (Lipinski definition) is 1. The summed E-state index contributed by atoms with van der Waals surface area (Å²) in [4.78, 5) is 0. The van der Waals surface area contributed by atoms with E-state index in [1.165, 1.54) is 11.1 Å². The maximum absolute atomic E-state index is 3.74. The van der Waals surface area contributed by atoms with Gasteiger partial charge in [0, 0.05) is 12.6 Å². The molecule has 0 radical (unpaired) electrons. The van der Waals surface area contributed by atoms with Crippen LogP contribution in [0.4, 0.5) is 0 Å². The molecule has 0 heterocycles. The van der Waals surface area contributed by atoms with Gasteiger partial charge in [-0.3, -0.25) is 0 Å². The van der Waals surface area contributed by atoms with Crippen molar-refractivity contribution in [3.8, 4) is 0 Å². The van der Waals surface area contributed by atoms with Crippen molar-refractivity contribution in [3.05, 3.63) is 48.0 Å². The summed E-state index contributed by atoms with van der Waals surface area (Å²) >= 11 is 0. The van der Waals surface area contributed by atoms with Gasteiger partial charge in [0.15, 0.2) is 0 Å². The molecule has 0 aliphatic heterocycles. The van der Waals surface area contributed by atoms with Crippen LogP contribution in [0.15, 0.2) is 36.9 Å². The van der Waals surface area contributed by atoms with Crippen LogP contribution in [0.25, 0.3) is 0 Å². The molecule has 1 aromatic rings. The van der Waals surface area contributed by atoms with E-state index >= 15 is 0 Å². The molecular formula is C14H21N. The normalized spacial score (nSPS) is 12.4. The molecule has 0 aliphatic rings. The smallest absolute Gasteiger partial charge is 0.0208 e. The van der Waals surface area contributed by atoms with Crippen LogP contribution in [-0.2, 0) is 13.0 Å². The summed E-state index contributed by atoms with van der Waals surface area (Å²) in [5.41, 5.74) is 2.75. The predicted octanol–water partition coefficient (Wildman–Crippen LogP) is 3.30. The van der Waals surface area contributed by atoms with Gasteiger partial charge in [0.05, 0.1) is 0 Å². The summed E-state index contributed by atoms with van der Waals surface area (Å²) in [6.45, 7) is 9.04. The lowest BCUT2D eigenvalue weighted by atomic mass is 10.1. The van der Waals surface area contributed by atoms with Gasteiger partial charge >= 0.3 is 0 Å². The van der Waals surface area contributed by atoms with Gasteiger partial charge in [0.2, 0.25) is 0 Å². The first-order chi connectivity index (χ1) is 7.26. The molecular weight excluding hydrogens is 182 g/mol. The summed E-state index contributed by atoms with van der Waals surface area (Å²) < 4.78 is 0. The fraction of sp³-hybridized carbons (Fsp3) is 0.429. The maximum Gasteiger partial charge on any atom is 0.0208 e. The molecule has 82 valence electrons. The number of nitrogens with one attached hydrogen (secondary N) is 1. The highest BCUT2D eigenvalue weighted by Gasteiger charge is 1.98. The Labute approximate surface area is 93.2 Å². The van der Waals surface area contributed by atoms with E-state index in [0.717, 1.165) is 19.4 Å². The van der Waals surface area contributed by atoms with E-state index in [0.29, 0.717) is 6.04 Å². The lowest BCUT2D eigenvalue weighted by molar-refractivity contribution is 0.554. The molecule has 0 bridgehead atoms. The Kier molecular flexibility index (Phi) is 5.13. The van der Waals surface area contributed by atoms with Crippen molar-refractivity contribution < 1.29 is 0 Å². The largest absolute Gasteiger partial charge is 0.310 e. The van der Waals surface area contributed by atoms with Crippen molar-refractivity contribution in [3.63, 3.8) is 0 Å². The minimum absolute atomic E-state index is 0.508. The summed E-state index contributed by atoms with van der Waals surface area (Å²) in [6, 6.07) is 9.32. The van der Waals surface area contributed by atoms with E-state index < -0.39 is 0 Å². The minimum Gasteiger partial charge on any atom is -0.310 e. The van der Waals surface area contributed by atoms with Gasteiger partial charge in [-0.05, 0) is 30.9 Å². The van der Waals surface area contributed by atoms with E-state index in [4.69, 9.17) is 0 Å². The van der Waals surface area contributed by atoms with E-state index in [9.17, 15) is 0 Å². The quantitative estimate of drug-likeness (QED) is 0.699. The zero-order chi connectivity index (χ0) is 11.1. The molecule has 1 atom stereocenters. The first kappa shape index (κ1) is 12.0. The second-order valence-electron chi connectivity index (χ2n) is 3.98. The molecule has 0 spiro atoms. The molecule has 1 heteroatoms. The van der Waals surface area contributed by atoms with Gasteiger partial charge in [-0.2, -0.15) is 0 Å². The van der Waals surface area contributed by atoms with Gasteiger partial charge in [-0.15, -0.1) is 6.58 Å². The maximum atomic E-state index is 3.74. The van der Waals surface area contributed by atoms with Gasteiger partial charge in [0.1, 0.15) is 0 Å². The molecule has 0 fully saturated rings. The molecule has 0 saturated heterocycles. The molecule has 1 N–H and O–H groups in total. The summed E-state index contributed by atoms with van der Waals surface area (Å²) in [5.74, 6) is 0. The fourth-order valence-corrected chi connectivity index (χ4v) is 1.52. The Morgan fingerprint density at radius 3 is 2.40 bits per heavy atom. The third-order valence-electron chi connectivity index (χ3n) is 2.61. The molecule has 1 unspecified atom stereocenters. The SMILES string of the molecule is C=CCC(C)NCc1ccc(CC)cc1. The molecule has 1 nitrogen and oxygen atoms in total. The van der Waals surface area contributed by atoms with Crippen LogP contribution in [0.1, 0.15) is 31.4 Å². The second kappa shape index (κ2) is 6.41. The van der Waals surface area contributed by atoms with E-state index in [2.05, 4.69) is 50.0 Å². The standard InChI is InChI=1S/C14H21N/c1-4-6-12(3)15-11-14-9-7-13(5-2)8-10-14/h4,7-10,12,15H,1,5-6,11H2,2-3H3. The Bertz CT molecular complexity index is 287. The molecule has 0 amide bonds. The first-order valence-corrected chi connectivity index (χ1v) is 5.68. The Morgan fingerprint density at radius 2 is 1.87 bits per heavy atom. The van der Waals surface area contributed by atoms with Crippen molar-refractivity contribution in [2.75, 3.05) is 0 Å². The van der Waals surface area contributed by atoms with Gasteiger partial charge in [-0.1, -0.05) is 37.3 Å². The zero-order valence-electron chi connectivity index (χ0n) is 9.79. The average Bonchev–Trinajstić information content (AvgIpc) is 2.27. The van der Waals surface area contributed by atoms with Crippen molar-refractivity contribution in [2.24, 2.45) is 0 Å². The topological polar surface area (TPSA) is 12.0 Å². The van der Waals surface area contributed by atoms with E-state index in [1.807, 2.05) is 6.08 Å². The molecule has 1 aromatic carbocycles. The van der Waals surface area contributed by atoms with Gasteiger partial charge in [0.25, 0.3) is 0 Å². The van der Waals surface area contributed by atoms with Crippen molar-refractivity contribution in [1.29, 1.82) is 0 Å². The molecule has 0 saturated carbocycles. The van der Waals surface area contributed by atoms with Crippen LogP contribution in [0.2, 0.25) is 0 Å². The third kappa shape index (κ3) is 4.30. The zero-order valence-corrected chi connectivity index (χ0v) is 9.79. The molecule has 1 rings (SSSR count). The monoisotopic (exact) mass is 203 g/mol. The van der Waals surface area contributed by atoms with Gasteiger partial charge < -0.3 is 5.32 Å². The third-order valence-corrected chi connectivity index (χ3v) is 2.61. The summed E-state index contributed by atoms with van der Waals surface area (Å²) in [6.07, 6.45) is 4.09.